The van der Waals surface area contributed by atoms with Crippen molar-refractivity contribution in [3.63, 3.8) is 0 Å². The van der Waals surface area contributed by atoms with Crippen LogP contribution in [0.4, 0.5) is 11.4 Å². The van der Waals surface area contributed by atoms with Gasteiger partial charge in [0.05, 0.1) is 27.4 Å². The van der Waals surface area contributed by atoms with E-state index in [1.165, 1.54) is 5.41 Å². The smallest absolute Gasteiger partial charge is 0.201 e. The van der Waals surface area contributed by atoms with Crippen LogP contribution in [0.15, 0.2) is 93.8 Å². The summed E-state index contributed by atoms with van der Waals surface area (Å²) in [6, 6.07) is 22.2. The molecule has 4 nitrogen and oxygen atoms in total. The predicted molar refractivity (Wildman–Crippen MR) is 114 cm³/mol. The lowest BCUT2D eigenvalue weighted by Gasteiger charge is -2.04. The Morgan fingerprint density at radius 3 is 2.25 bits per heavy atom. The maximum atomic E-state index is 12.9. The molecule has 0 aliphatic carbocycles. The van der Waals surface area contributed by atoms with Gasteiger partial charge in [0.2, 0.25) is 9.84 Å². The number of fused-ring (bicyclic) bond motifs is 1. The van der Waals surface area contributed by atoms with Gasteiger partial charge < -0.3 is 5.32 Å². The second kappa shape index (κ2) is 7.09. The van der Waals surface area contributed by atoms with E-state index in [1.807, 2.05) is 56.3 Å². The maximum absolute atomic E-state index is 12.9. The highest BCUT2D eigenvalue weighted by Gasteiger charge is 2.25. The molecule has 28 heavy (non-hydrogen) atoms. The molecule has 1 aliphatic heterocycles. The summed E-state index contributed by atoms with van der Waals surface area (Å²) in [6.07, 6.45) is 0. The standard InChI is InChI=1S/C23H20N2O2S/c1-16-8-11-18(12-9-16)24-23-20-14-17(2)10-13-21(20)25-22(23)15-28(26,27)19-6-4-3-5-7-19/h3-15,25H,1-2H3. The summed E-state index contributed by atoms with van der Waals surface area (Å²) in [6.45, 7) is 4.02. The summed E-state index contributed by atoms with van der Waals surface area (Å²) in [5, 5.41) is 4.49. The van der Waals surface area contributed by atoms with Crippen LogP contribution in [0, 0.1) is 13.8 Å². The van der Waals surface area contributed by atoms with Crippen LogP contribution in [-0.2, 0) is 9.84 Å². The number of nitrogens with zero attached hydrogens (tertiary/aromatic N) is 1. The lowest BCUT2D eigenvalue weighted by Crippen LogP contribution is -2.07. The Kier molecular flexibility index (Phi) is 4.61. The van der Waals surface area contributed by atoms with E-state index in [4.69, 9.17) is 4.99 Å². The van der Waals surface area contributed by atoms with Crippen molar-refractivity contribution < 1.29 is 8.42 Å². The predicted octanol–water partition coefficient (Wildman–Crippen LogP) is 5.17. The molecule has 1 N–H and O–H groups in total. The van der Waals surface area contributed by atoms with Gasteiger partial charge in [-0.15, -0.1) is 0 Å². The normalized spacial score (nSPS) is 16.2. The number of aliphatic imine (C=N–C) groups is 1. The molecule has 0 fully saturated rings. The quantitative estimate of drug-likeness (QED) is 0.674. The van der Waals surface area contributed by atoms with Crippen LogP contribution in [0.3, 0.4) is 0 Å². The molecular formula is C23H20N2O2S. The lowest BCUT2D eigenvalue weighted by atomic mass is 10.1. The van der Waals surface area contributed by atoms with Gasteiger partial charge in [-0.3, -0.25) is 0 Å². The van der Waals surface area contributed by atoms with Crippen molar-refractivity contribution in [2.75, 3.05) is 5.32 Å². The zero-order valence-electron chi connectivity index (χ0n) is 15.7. The summed E-state index contributed by atoms with van der Waals surface area (Å²) >= 11 is 0. The summed E-state index contributed by atoms with van der Waals surface area (Å²) < 4.78 is 25.8. The topological polar surface area (TPSA) is 58.5 Å². The van der Waals surface area contributed by atoms with Crippen LogP contribution in [0.2, 0.25) is 0 Å². The summed E-state index contributed by atoms with van der Waals surface area (Å²) in [4.78, 5) is 5.02. The Morgan fingerprint density at radius 1 is 0.857 bits per heavy atom. The van der Waals surface area contributed by atoms with E-state index < -0.39 is 9.84 Å². The van der Waals surface area contributed by atoms with Crippen LogP contribution >= 0.6 is 0 Å². The number of hydrogen-bond acceptors (Lipinski definition) is 4. The molecule has 3 aromatic rings. The molecule has 5 heteroatoms. The molecule has 0 saturated carbocycles. The fourth-order valence-corrected chi connectivity index (χ4v) is 4.25. The first-order valence-electron chi connectivity index (χ1n) is 8.98. The highest BCUT2D eigenvalue weighted by molar-refractivity contribution is 7.94. The van der Waals surface area contributed by atoms with Gasteiger partial charge in [-0.2, -0.15) is 0 Å². The van der Waals surface area contributed by atoms with Gasteiger partial charge in [-0.05, 0) is 50.2 Å². The minimum absolute atomic E-state index is 0.256. The molecule has 0 bridgehead atoms. The molecule has 0 amide bonds. The van der Waals surface area contributed by atoms with E-state index in [9.17, 15) is 8.42 Å². The third-order valence-corrected chi connectivity index (χ3v) is 6.05. The molecule has 4 rings (SSSR count). The fraction of sp³-hybridized carbons (Fsp3) is 0.0870. The number of allylic oxidation sites excluding steroid dienone is 1. The number of nitrogens with one attached hydrogen (secondary N) is 1. The number of aryl methyl sites for hydroxylation is 2. The highest BCUT2D eigenvalue weighted by atomic mass is 32.2. The van der Waals surface area contributed by atoms with Crippen molar-refractivity contribution in [2.24, 2.45) is 4.99 Å². The Labute approximate surface area is 165 Å². The van der Waals surface area contributed by atoms with Gasteiger partial charge in [0, 0.05) is 11.3 Å². The van der Waals surface area contributed by atoms with E-state index in [2.05, 4.69) is 5.32 Å². The summed E-state index contributed by atoms with van der Waals surface area (Å²) in [7, 11) is -3.61. The van der Waals surface area contributed by atoms with E-state index >= 15 is 0 Å². The summed E-state index contributed by atoms with van der Waals surface area (Å²) in [5.41, 5.74) is 5.87. The average Bonchev–Trinajstić information content (AvgIpc) is 3.00. The molecular weight excluding hydrogens is 368 g/mol. The molecule has 0 spiro atoms. The van der Waals surface area contributed by atoms with Crippen LogP contribution in [0.25, 0.3) is 0 Å². The van der Waals surface area contributed by atoms with Gasteiger partial charge in [0.25, 0.3) is 0 Å². The van der Waals surface area contributed by atoms with Gasteiger partial charge in [0.1, 0.15) is 0 Å². The van der Waals surface area contributed by atoms with Gasteiger partial charge >= 0.3 is 0 Å². The second-order valence-electron chi connectivity index (χ2n) is 6.86. The number of benzene rings is 3. The molecule has 0 radical (unpaired) electrons. The molecule has 140 valence electrons. The molecule has 3 aromatic carbocycles. The Balaban J connectivity index is 1.85. The molecule has 1 aliphatic rings. The van der Waals surface area contributed by atoms with Gasteiger partial charge in [-0.1, -0.05) is 47.5 Å². The Morgan fingerprint density at radius 2 is 1.54 bits per heavy atom. The number of sulfone groups is 1. The molecule has 0 unspecified atom stereocenters. The third kappa shape index (κ3) is 3.62. The average molecular weight is 388 g/mol. The minimum atomic E-state index is -3.61. The number of hydrogen-bond donors (Lipinski definition) is 1. The minimum Gasteiger partial charge on any atom is -0.353 e. The number of anilines is 1. The first-order valence-corrected chi connectivity index (χ1v) is 10.5. The first kappa shape index (κ1) is 18.2. The van der Waals surface area contributed by atoms with Crippen LogP contribution in [-0.4, -0.2) is 14.1 Å². The van der Waals surface area contributed by atoms with Crippen LogP contribution in [0.5, 0.6) is 0 Å². The third-order valence-electron chi connectivity index (χ3n) is 4.57. The second-order valence-corrected chi connectivity index (χ2v) is 8.66. The van der Waals surface area contributed by atoms with Crippen molar-refractivity contribution in [1.29, 1.82) is 0 Å². The molecule has 0 atom stereocenters. The SMILES string of the molecule is Cc1ccc(N=C2C(=CS(=O)(=O)c3ccccc3)Nc3ccc(C)cc32)cc1. The zero-order chi connectivity index (χ0) is 19.7. The monoisotopic (exact) mass is 388 g/mol. The Bertz CT molecular complexity index is 1190. The highest BCUT2D eigenvalue weighted by Crippen LogP contribution is 2.32. The van der Waals surface area contributed by atoms with Crippen LogP contribution in [0.1, 0.15) is 16.7 Å². The fourth-order valence-electron chi connectivity index (χ4n) is 3.10. The van der Waals surface area contributed by atoms with E-state index in [0.717, 1.165) is 28.1 Å². The Hall–Kier alpha value is -3.18. The van der Waals surface area contributed by atoms with Crippen molar-refractivity contribution in [2.45, 2.75) is 18.7 Å². The van der Waals surface area contributed by atoms with E-state index in [0.29, 0.717) is 11.4 Å². The van der Waals surface area contributed by atoms with Crippen molar-refractivity contribution >= 4 is 26.9 Å². The van der Waals surface area contributed by atoms with Crippen molar-refractivity contribution in [3.8, 4) is 0 Å². The van der Waals surface area contributed by atoms with Crippen molar-refractivity contribution in [3.05, 3.63) is 101 Å². The molecule has 1 heterocycles. The lowest BCUT2D eigenvalue weighted by molar-refractivity contribution is 0.604. The van der Waals surface area contributed by atoms with Gasteiger partial charge in [-0.25, -0.2) is 13.4 Å². The van der Waals surface area contributed by atoms with Crippen molar-refractivity contribution in [1.82, 2.24) is 0 Å². The van der Waals surface area contributed by atoms with Crippen LogP contribution < -0.4 is 5.32 Å². The zero-order valence-corrected chi connectivity index (χ0v) is 16.5. The molecule has 0 saturated heterocycles. The molecule has 0 aromatic heterocycles. The van der Waals surface area contributed by atoms with E-state index in [-0.39, 0.29) is 4.90 Å². The number of rotatable bonds is 3. The largest absolute Gasteiger partial charge is 0.353 e. The maximum Gasteiger partial charge on any atom is 0.201 e. The van der Waals surface area contributed by atoms with E-state index in [1.54, 1.807) is 30.3 Å². The summed E-state index contributed by atoms with van der Waals surface area (Å²) in [5.74, 6) is 0. The first-order chi connectivity index (χ1) is 13.4. The van der Waals surface area contributed by atoms with Gasteiger partial charge in [0.15, 0.2) is 0 Å².